The number of carbonyl (C=O) groups is 1. The maximum Gasteiger partial charge on any atom is 0.254 e. The number of hydrogen-bond acceptors (Lipinski definition) is 3. The van der Waals surface area contributed by atoms with Crippen molar-refractivity contribution in [2.75, 3.05) is 6.54 Å². The standard InChI is InChI=1S/C20H24N2OS/c1-15(2)24-19-17(11-8-13-21-19)18-12-6-7-14-22(18)20(23)16-9-4-3-5-10-16/h3-5,8-11,13,15,18H,6-7,12,14H2,1-2H3. The second-order valence-electron chi connectivity index (χ2n) is 6.44. The number of pyridine rings is 1. The summed E-state index contributed by atoms with van der Waals surface area (Å²) in [7, 11) is 0. The molecule has 1 fully saturated rings. The zero-order valence-electron chi connectivity index (χ0n) is 14.3. The molecule has 0 spiro atoms. The Morgan fingerprint density at radius 1 is 1.17 bits per heavy atom. The van der Waals surface area contributed by atoms with Crippen LogP contribution in [0.4, 0.5) is 0 Å². The number of rotatable bonds is 4. The van der Waals surface area contributed by atoms with E-state index in [1.807, 2.05) is 47.5 Å². The van der Waals surface area contributed by atoms with Gasteiger partial charge in [-0.3, -0.25) is 4.79 Å². The summed E-state index contributed by atoms with van der Waals surface area (Å²) in [4.78, 5) is 19.6. The maximum absolute atomic E-state index is 13.0. The number of amides is 1. The smallest absolute Gasteiger partial charge is 0.254 e. The van der Waals surface area contributed by atoms with Gasteiger partial charge in [0.05, 0.1) is 6.04 Å². The van der Waals surface area contributed by atoms with Crippen LogP contribution in [-0.2, 0) is 0 Å². The van der Waals surface area contributed by atoms with Gasteiger partial charge in [0.15, 0.2) is 0 Å². The van der Waals surface area contributed by atoms with Crippen LogP contribution in [0.25, 0.3) is 0 Å². The molecule has 2 heterocycles. The van der Waals surface area contributed by atoms with Crippen LogP contribution in [0.5, 0.6) is 0 Å². The summed E-state index contributed by atoms with van der Waals surface area (Å²) in [5.74, 6) is 0.129. The Morgan fingerprint density at radius 2 is 1.96 bits per heavy atom. The van der Waals surface area contributed by atoms with E-state index in [0.717, 1.165) is 36.4 Å². The molecule has 3 nitrogen and oxygen atoms in total. The lowest BCUT2D eigenvalue weighted by Crippen LogP contribution is -2.38. The zero-order chi connectivity index (χ0) is 16.9. The van der Waals surface area contributed by atoms with Gasteiger partial charge >= 0.3 is 0 Å². The third-order valence-corrected chi connectivity index (χ3v) is 5.33. The summed E-state index contributed by atoms with van der Waals surface area (Å²) >= 11 is 1.78. The van der Waals surface area contributed by atoms with Crippen molar-refractivity contribution in [2.24, 2.45) is 0 Å². The van der Waals surface area contributed by atoms with Crippen molar-refractivity contribution >= 4 is 17.7 Å². The minimum atomic E-state index is 0.126. The van der Waals surface area contributed by atoms with Crippen LogP contribution in [0.2, 0.25) is 0 Å². The Hall–Kier alpha value is -1.81. The Bertz CT molecular complexity index is 687. The summed E-state index contributed by atoms with van der Waals surface area (Å²) in [6.07, 6.45) is 5.09. The van der Waals surface area contributed by atoms with Gasteiger partial charge in [-0.25, -0.2) is 4.98 Å². The van der Waals surface area contributed by atoms with E-state index in [-0.39, 0.29) is 11.9 Å². The van der Waals surface area contributed by atoms with Crippen molar-refractivity contribution in [1.29, 1.82) is 0 Å². The van der Waals surface area contributed by atoms with E-state index >= 15 is 0 Å². The van der Waals surface area contributed by atoms with E-state index in [2.05, 4.69) is 24.9 Å². The largest absolute Gasteiger partial charge is 0.332 e. The van der Waals surface area contributed by atoms with Crippen molar-refractivity contribution in [3.63, 3.8) is 0 Å². The highest BCUT2D eigenvalue weighted by atomic mass is 32.2. The highest BCUT2D eigenvalue weighted by Gasteiger charge is 2.30. The highest BCUT2D eigenvalue weighted by Crippen LogP contribution is 2.37. The minimum Gasteiger partial charge on any atom is -0.332 e. The van der Waals surface area contributed by atoms with E-state index in [1.165, 1.54) is 5.56 Å². The monoisotopic (exact) mass is 340 g/mol. The van der Waals surface area contributed by atoms with Gasteiger partial charge in [-0.2, -0.15) is 0 Å². The molecule has 0 bridgehead atoms. The van der Waals surface area contributed by atoms with Crippen molar-refractivity contribution in [3.05, 3.63) is 59.8 Å². The molecule has 1 saturated heterocycles. The lowest BCUT2D eigenvalue weighted by Gasteiger charge is -2.36. The lowest BCUT2D eigenvalue weighted by atomic mass is 9.95. The number of likely N-dealkylation sites (tertiary alicyclic amines) is 1. The third kappa shape index (κ3) is 3.81. The van der Waals surface area contributed by atoms with Gasteiger partial charge < -0.3 is 4.90 Å². The highest BCUT2D eigenvalue weighted by molar-refractivity contribution is 7.99. The Kier molecular flexibility index (Phi) is 5.56. The molecule has 1 aromatic heterocycles. The normalized spacial score (nSPS) is 18.0. The third-order valence-electron chi connectivity index (χ3n) is 4.29. The average molecular weight is 340 g/mol. The first kappa shape index (κ1) is 17.0. The van der Waals surface area contributed by atoms with Crippen LogP contribution >= 0.6 is 11.8 Å². The molecule has 0 N–H and O–H groups in total. The molecule has 2 aromatic rings. The van der Waals surface area contributed by atoms with Crippen molar-refractivity contribution in [2.45, 2.75) is 49.4 Å². The molecule has 1 aromatic carbocycles. The number of aromatic nitrogens is 1. The van der Waals surface area contributed by atoms with Crippen LogP contribution in [-0.4, -0.2) is 27.6 Å². The number of piperidine rings is 1. The van der Waals surface area contributed by atoms with E-state index in [9.17, 15) is 4.79 Å². The predicted octanol–water partition coefficient (Wildman–Crippen LogP) is 4.95. The second-order valence-corrected chi connectivity index (χ2v) is 8.01. The number of carbonyl (C=O) groups excluding carboxylic acids is 1. The molecule has 0 aliphatic carbocycles. The molecule has 1 amide bonds. The van der Waals surface area contributed by atoms with E-state index in [4.69, 9.17) is 0 Å². The average Bonchev–Trinajstić information content (AvgIpc) is 2.62. The fourth-order valence-corrected chi connectivity index (χ4v) is 4.13. The fraction of sp³-hybridized carbons (Fsp3) is 0.400. The van der Waals surface area contributed by atoms with Gasteiger partial charge in [-0.15, -0.1) is 11.8 Å². The number of benzene rings is 1. The van der Waals surface area contributed by atoms with Crippen LogP contribution in [0, 0.1) is 0 Å². The second kappa shape index (κ2) is 7.84. The van der Waals surface area contributed by atoms with Gasteiger partial charge in [0.25, 0.3) is 5.91 Å². The molecule has 24 heavy (non-hydrogen) atoms. The van der Waals surface area contributed by atoms with E-state index in [0.29, 0.717) is 5.25 Å². The van der Waals surface area contributed by atoms with E-state index < -0.39 is 0 Å². The molecule has 126 valence electrons. The first-order valence-electron chi connectivity index (χ1n) is 8.64. The van der Waals surface area contributed by atoms with E-state index in [1.54, 1.807) is 11.8 Å². The van der Waals surface area contributed by atoms with Crippen molar-refractivity contribution < 1.29 is 4.79 Å². The molecule has 1 aliphatic heterocycles. The van der Waals surface area contributed by atoms with Gasteiger partial charge in [-0.05, 0) is 37.5 Å². The van der Waals surface area contributed by atoms with Gasteiger partial charge in [0.2, 0.25) is 0 Å². The molecule has 3 rings (SSSR count). The first-order chi connectivity index (χ1) is 11.7. The molecule has 1 unspecified atom stereocenters. The Balaban J connectivity index is 1.92. The zero-order valence-corrected chi connectivity index (χ0v) is 15.1. The number of nitrogens with zero attached hydrogens (tertiary/aromatic N) is 2. The summed E-state index contributed by atoms with van der Waals surface area (Å²) < 4.78 is 0. The van der Waals surface area contributed by atoms with Crippen molar-refractivity contribution in [1.82, 2.24) is 9.88 Å². The van der Waals surface area contributed by atoms with Crippen LogP contribution in [0.1, 0.15) is 55.1 Å². The quantitative estimate of drug-likeness (QED) is 0.738. The summed E-state index contributed by atoms with van der Waals surface area (Å²) in [5, 5.41) is 1.53. The molecular formula is C20H24N2OS. The molecule has 0 saturated carbocycles. The summed E-state index contributed by atoms with van der Waals surface area (Å²) in [6, 6.07) is 13.9. The fourth-order valence-electron chi connectivity index (χ4n) is 3.22. The summed E-state index contributed by atoms with van der Waals surface area (Å²) in [6.45, 7) is 5.17. The Morgan fingerprint density at radius 3 is 2.71 bits per heavy atom. The molecule has 4 heteroatoms. The number of hydrogen-bond donors (Lipinski definition) is 0. The van der Waals surface area contributed by atoms with Crippen LogP contribution < -0.4 is 0 Å². The maximum atomic E-state index is 13.0. The lowest BCUT2D eigenvalue weighted by molar-refractivity contribution is 0.0607. The summed E-state index contributed by atoms with van der Waals surface area (Å²) in [5.41, 5.74) is 1.96. The SMILES string of the molecule is CC(C)Sc1ncccc1C1CCCCN1C(=O)c1ccccc1. The minimum absolute atomic E-state index is 0.126. The Labute approximate surface area is 148 Å². The van der Waals surface area contributed by atoms with Crippen LogP contribution in [0.3, 0.4) is 0 Å². The molecular weight excluding hydrogens is 316 g/mol. The van der Waals surface area contributed by atoms with Gasteiger partial charge in [0, 0.05) is 29.1 Å². The molecule has 0 radical (unpaired) electrons. The van der Waals surface area contributed by atoms with Crippen LogP contribution in [0.15, 0.2) is 53.7 Å². The number of thioether (sulfide) groups is 1. The predicted molar refractivity (Wildman–Crippen MR) is 99.3 cm³/mol. The molecule has 1 aliphatic rings. The molecule has 1 atom stereocenters. The topological polar surface area (TPSA) is 33.2 Å². The van der Waals surface area contributed by atoms with Crippen molar-refractivity contribution in [3.8, 4) is 0 Å². The van der Waals surface area contributed by atoms with Gasteiger partial charge in [0.1, 0.15) is 5.03 Å². The first-order valence-corrected chi connectivity index (χ1v) is 9.52. The van der Waals surface area contributed by atoms with Gasteiger partial charge in [-0.1, -0.05) is 38.1 Å².